The molecule has 0 N–H and O–H groups in total. The Balaban J connectivity index is 1.39. The zero-order chi connectivity index (χ0) is 20.1. The molecule has 1 aliphatic heterocycles. The van der Waals surface area contributed by atoms with Gasteiger partial charge in [0.2, 0.25) is 0 Å². The minimum Gasteiger partial charge on any atom is -0.299 e. The molecule has 1 heterocycles. The highest BCUT2D eigenvalue weighted by molar-refractivity contribution is 6.05. The number of carbonyl (C=O) groups is 1. The normalized spacial score (nSPS) is 25.2. The minimum atomic E-state index is 0.103. The van der Waals surface area contributed by atoms with E-state index in [2.05, 4.69) is 49.4 Å². The molecule has 2 nitrogen and oxygen atoms in total. The van der Waals surface area contributed by atoms with Crippen LogP contribution < -0.4 is 0 Å². The molecule has 1 saturated carbocycles. The molecule has 152 valence electrons. The molecule has 1 aromatic rings. The Morgan fingerprint density at radius 3 is 2.90 bits per heavy atom. The number of benzene rings is 1. The fraction of sp³-hybridized carbons (Fsp3) is 0.481. The molecule has 1 unspecified atom stereocenters. The van der Waals surface area contributed by atoms with E-state index in [0.717, 1.165) is 32.1 Å². The van der Waals surface area contributed by atoms with Crippen LogP contribution in [0.3, 0.4) is 0 Å². The number of nitrogens with zero attached hydrogens (tertiary/aromatic N) is 1. The summed E-state index contributed by atoms with van der Waals surface area (Å²) in [6.45, 7) is 2.10. The van der Waals surface area contributed by atoms with Gasteiger partial charge in [-0.05, 0) is 62.0 Å². The third kappa shape index (κ3) is 5.04. The van der Waals surface area contributed by atoms with Gasteiger partial charge in [0, 0.05) is 24.5 Å². The Bertz CT molecular complexity index is 843. The third-order valence-electron chi connectivity index (χ3n) is 6.83. The molecule has 0 radical (unpaired) electrons. The second kappa shape index (κ2) is 9.52. The summed E-state index contributed by atoms with van der Waals surface area (Å²) >= 11 is 0. The molecule has 29 heavy (non-hydrogen) atoms. The maximum atomic E-state index is 12.9. The van der Waals surface area contributed by atoms with E-state index in [-0.39, 0.29) is 5.92 Å². The number of hydrogen-bond acceptors (Lipinski definition) is 2. The van der Waals surface area contributed by atoms with Gasteiger partial charge < -0.3 is 0 Å². The number of rotatable bonds is 6. The number of carbonyl (C=O) groups excluding carboxylic acids is 1. The summed E-state index contributed by atoms with van der Waals surface area (Å²) < 4.78 is 0. The molecular formula is C27H33NO. The van der Waals surface area contributed by atoms with Crippen LogP contribution in [-0.2, 0) is 11.2 Å². The smallest absolute Gasteiger partial charge is 0.136 e. The first-order chi connectivity index (χ1) is 14.2. The number of aliphatic imine (C=N–C) groups is 1. The van der Waals surface area contributed by atoms with Crippen LogP contribution in [0, 0.1) is 17.8 Å². The van der Waals surface area contributed by atoms with Crippen LogP contribution in [0.1, 0.15) is 63.9 Å². The lowest BCUT2D eigenvalue weighted by Gasteiger charge is -2.31. The van der Waals surface area contributed by atoms with E-state index >= 15 is 0 Å². The number of Topliss-reactive ketones (excluding diaryl/α,β-unsaturated/α-hetero) is 1. The molecule has 1 aromatic carbocycles. The minimum absolute atomic E-state index is 0.103. The number of allylic oxidation sites excluding steroid dienone is 5. The predicted octanol–water partition coefficient (Wildman–Crippen LogP) is 6.64. The lowest BCUT2D eigenvalue weighted by atomic mass is 9.73. The van der Waals surface area contributed by atoms with E-state index in [0.29, 0.717) is 17.6 Å². The van der Waals surface area contributed by atoms with Crippen molar-refractivity contribution in [1.29, 1.82) is 0 Å². The van der Waals surface area contributed by atoms with Crippen molar-refractivity contribution in [2.24, 2.45) is 22.7 Å². The molecule has 4 rings (SSSR count). The van der Waals surface area contributed by atoms with Gasteiger partial charge in [-0.25, -0.2) is 0 Å². The first-order valence-electron chi connectivity index (χ1n) is 11.4. The summed E-state index contributed by atoms with van der Waals surface area (Å²) in [5, 5.41) is 0. The Morgan fingerprint density at radius 2 is 2.03 bits per heavy atom. The lowest BCUT2D eigenvalue weighted by Crippen LogP contribution is -2.27. The fourth-order valence-corrected chi connectivity index (χ4v) is 5.20. The van der Waals surface area contributed by atoms with E-state index in [4.69, 9.17) is 4.99 Å². The van der Waals surface area contributed by atoms with E-state index < -0.39 is 0 Å². The first kappa shape index (κ1) is 20.1. The number of ketones is 1. The summed E-state index contributed by atoms with van der Waals surface area (Å²) in [5.41, 5.74) is 5.50. The van der Waals surface area contributed by atoms with E-state index in [1.807, 2.05) is 12.3 Å². The van der Waals surface area contributed by atoms with Crippen molar-refractivity contribution in [2.75, 3.05) is 0 Å². The van der Waals surface area contributed by atoms with Crippen LogP contribution in [0.4, 0.5) is 0 Å². The molecule has 1 fully saturated rings. The zero-order valence-electron chi connectivity index (χ0n) is 17.6. The second-order valence-electron chi connectivity index (χ2n) is 9.05. The maximum absolute atomic E-state index is 12.9. The van der Waals surface area contributed by atoms with Crippen LogP contribution in [-0.4, -0.2) is 11.5 Å². The molecule has 0 saturated heterocycles. The van der Waals surface area contributed by atoms with Gasteiger partial charge in [0.25, 0.3) is 0 Å². The van der Waals surface area contributed by atoms with Gasteiger partial charge in [-0.2, -0.15) is 0 Å². The van der Waals surface area contributed by atoms with Gasteiger partial charge in [-0.15, -0.1) is 0 Å². The van der Waals surface area contributed by atoms with Crippen LogP contribution in [0.15, 0.2) is 70.9 Å². The topological polar surface area (TPSA) is 29.4 Å². The number of hydrogen-bond donors (Lipinski definition) is 0. The monoisotopic (exact) mass is 387 g/mol. The molecule has 2 heteroatoms. The Hall–Kier alpha value is -2.22. The molecule has 3 aliphatic rings. The van der Waals surface area contributed by atoms with Crippen molar-refractivity contribution in [2.45, 2.75) is 64.7 Å². The summed E-state index contributed by atoms with van der Waals surface area (Å²) in [5.74, 6) is 1.54. The van der Waals surface area contributed by atoms with Crippen molar-refractivity contribution in [3.05, 3.63) is 71.5 Å². The largest absolute Gasteiger partial charge is 0.299 e. The molecule has 3 atom stereocenters. The quantitative estimate of drug-likeness (QED) is 0.538. The van der Waals surface area contributed by atoms with Crippen LogP contribution >= 0.6 is 0 Å². The average molecular weight is 388 g/mol. The van der Waals surface area contributed by atoms with Crippen LogP contribution in [0.25, 0.3) is 0 Å². The fourth-order valence-electron chi connectivity index (χ4n) is 5.20. The highest BCUT2D eigenvalue weighted by Gasteiger charge is 2.30. The maximum Gasteiger partial charge on any atom is 0.136 e. The molecule has 0 amide bonds. The van der Waals surface area contributed by atoms with Crippen molar-refractivity contribution < 1.29 is 4.79 Å². The second-order valence-corrected chi connectivity index (χ2v) is 9.05. The van der Waals surface area contributed by atoms with Gasteiger partial charge in [0.15, 0.2) is 0 Å². The van der Waals surface area contributed by atoms with Crippen LogP contribution in [0.5, 0.6) is 0 Å². The molecule has 0 bridgehead atoms. The van der Waals surface area contributed by atoms with Gasteiger partial charge in [0.05, 0.1) is 5.71 Å². The van der Waals surface area contributed by atoms with E-state index in [1.165, 1.54) is 42.5 Å². The van der Waals surface area contributed by atoms with Crippen molar-refractivity contribution in [3.8, 4) is 0 Å². The summed E-state index contributed by atoms with van der Waals surface area (Å²) in [4.78, 5) is 17.8. The molecule has 0 aromatic heterocycles. The zero-order valence-corrected chi connectivity index (χ0v) is 17.6. The van der Waals surface area contributed by atoms with Crippen LogP contribution in [0.2, 0.25) is 0 Å². The third-order valence-corrected chi connectivity index (χ3v) is 6.83. The van der Waals surface area contributed by atoms with Gasteiger partial charge in [-0.1, -0.05) is 67.5 Å². The van der Waals surface area contributed by atoms with Crippen molar-refractivity contribution in [1.82, 2.24) is 0 Å². The van der Waals surface area contributed by atoms with Crippen molar-refractivity contribution >= 4 is 11.5 Å². The summed E-state index contributed by atoms with van der Waals surface area (Å²) in [6, 6.07) is 10.4. The highest BCUT2D eigenvalue weighted by Crippen LogP contribution is 2.37. The highest BCUT2D eigenvalue weighted by atomic mass is 16.1. The molecule has 2 aliphatic carbocycles. The Morgan fingerprint density at radius 1 is 1.17 bits per heavy atom. The van der Waals surface area contributed by atoms with Gasteiger partial charge in [0.1, 0.15) is 5.78 Å². The van der Waals surface area contributed by atoms with Crippen molar-refractivity contribution in [3.63, 3.8) is 0 Å². The summed E-state index contributed by atoms with van der Waals surface area (Å²) in [6.07, 6.45) is 18.5. The average Bonchev–Trinajstić information content (AvgIpc) is 2.97. The lowest BCUT2D eigenvalue weighted by molar-refractivity contribution is -0.123. The van der Waals surface area contributed by atoms with Gasteiger partial charge in [-0.3, -0.25) is 9.79 Å². The standard InChI is InChI=1S/C27H33NO/c1-20(17-21-9-3-2-4-10-21)26(29)19-22-11-7-13-24(18-22)27-25-15-6-5-12-23(25)14-8-16-28-27/h2-4,6,8-10,15-16,20,22,24H,5,7,11-14,17-19H2,1H3/t20-,22+,24?/m0/s1. The van der Waals surface area contributed by atoms with E-state index in [1.54, 1.807) is 5.57 Å². The Kier molecular flexibility index (Phi) is 6.59. The molecular weight excluding hydrogens is 354 g/mol. The SMILES string of the molecule is C[C@@H](Cc1ccccc1)C(=O)C[C@@H]1CCCC(C2=NC=CCC3=C2C=CCC3)C1. The molecule has 0 spiro atoms. The van der Waals surface area contributed by atoms with E-state index in [9.17, 15) is 4.79 Å². The predicted molar refractivity (Wildman–Crippen MR) is 121 cm³/mol. The first-order valence-corrected chi connectivity index (χ1v) is 11.4. The Labute approximate surface area is 175 Å². The van der Waals surface area contributed by atoms with Gasteiger partial charge >= 0.3 is 0 Å². The summed E-state index contributed by atoms with van der Waals surface area (Å²) in [7, 11) is 0.